The van der Waals surface area contributed by atoms with Crippen LogP contribution in [0.15, 0.2) is 73.2 Å². The van der Waals surface area contributed by atoms with Crippen molar-refractivity contribution in [2.45, 2.75) is 13.5 Å². The quantitative estimate of drug-likeness (QED) is 0.337. The summed E-state index contributed by atoms with van der Waals surface area (Å²) in [5.74, 6) is 0.882. The largest absolute Gasteiger partial charge is 0.507 e. The van der Waals surface area contributed by atoms with Crippen molar-refractivity contribution >= 4 is 16.9 Å². The lowest BCUT2D eigenvalue weighted by Gasteiger charge is -2.09. The first kappa shape index (κ1) is 22.1. The van der Waals surface area contributed by atoms with Gasteiger partial charge in [0.25, 0.3) is 5.91 Å². The number of aromatic hydroxyl groups is 1. The van der Waals surface area contributed by atoms with Crippen molar-refractivity contribution in [2.24, 2.45) is 0 Å². The van der Waals surface area contributed by atoms with E-state index in [1.807, 2.05) is 31.2 Å². The van der Waals surface area contributed by atoms with Gasteiger partial charge in [-0.2, -0.15) is 0 Å². The third-order valence-electron chi connectivity index (χ3n) is 5.85. The maximum absolute atomic E-state index is 12.7. The first-order valence-electron chi connectivity index (χ1n) is 11.0. The van der Waals surface area contributed by atoms with E-state index >= 15 is 0 Å². The Morgan fingerprint density at radius 2 is 1.97 bits per heavy atom. The van der Waals surface area contributed by atoms with Crippen molar-refractivity contribution in [2.75, 3.05) is 7.11 Å². The average Bonchev–Trinajstić information content (AvgIpc) is 3.31. The second-order valence-corrected chi connectivity index (χ2v) is 8.09. The van der Waals surface area contributed by atoms with Crippen LogP contribution < -0.4 is 10.1 Å². The number of pyridine rings is 2. The lowest BCUT2D eigenvalue weighted by Crippen LogP contribution is -2.23. The number of aromatic nitrogens is 4. The fourth-order valence-electron chi connectivity index (χ4n) is 3.92. The second kappa shape index (κ2) is 9.26. The number of carbonyl (C=O) groups is 1. The molecule has 5 rings (SSSR count). The Bertz CT molecular complexity index is 1540. The maximum Gasteiger partial charge on any atom is 0.251 e. The van der Waals surface area contributed by atoms with Crippen molar-refractivity contribution in [1.82, 2.24) is 25.3 Å². The summed E-state index contributed by atoms with van der Waals surface area (Å²) in [6.07, 6.45) is 5.14. The molecule has 35 heavy (non-hydrogen) atoms. The molecule has 0 atom stereocenters. The van der Waals surface area contributed by atoms with E-state index < -0.39 is 0 Å². The minimum atomic E-state index is -0.187. The number of methoxy groups -OCH3 is 1. The highest BCUT2D eigenvalue weighted by Crippen LogP contribution is 2.35. The van der Waals surface area contributed by atoms with Gasteiger partial charge in [0.2, 0.25) is 5.88 Å². The maximum atomic E-state index is 12.7. The van der Waals surface area contributed by atoms with Crippen molar-refractivity contribution in [3.8, 4) is 34.1 Å². The number of rotatable bonds is 6. The Morgan fingerprint density at radius 3 is 2.80 bits per heavy atom. The normalized spacial score (nSPS) is 10.9. The molecule has 0 fully saturated rings. The predicted molar refractivity (Wildman–Crippen MR) is 133 cm³/mol. The van der Waals surface area contributed by atoms with Crippen LogP contribution in [0.5, 0.6) is 11.6 Å². The van der Waals surface area contributed by atoms with Gasteiger partial charge >= 0.3 is 0 Å². The Labute approximate surface area is 201 Å². The van der Waals surface area contributed by atoms with Gasteiger partial charge in [0, 0.05) is 36.3 Å². The Kier molecular flexibility index (Phi) is 5.85. The molecule has 0 unspecified atom stereocenters. The fourth-order valence-corrected chi connectivity index (χ4v) is 3.92. The number of nitrogens with zero attached hydrogens (tertiary/aromatic N) is 3. The lowest BCUT2D eigenvalue weighted by atomic mass is 10.0. The Morgan fingerprint density at radius 1 is 1.09 bits per heavy atom. The molecule has 1 amide bonds. The number of carbonyl (C=O) groups excluding carboxylic acids is 1. The first-order valence-corrected chi connectivity index (χ1v) is 11.0. The summed E-state index contributed by atoms with van der Waals surface area (Å²) in [5, 5.41) is 13.5. The molecule has 8 nitrogen and oxygen atoms in total. The molecule has 0 aliphatic carbocycles. The summed E-state index contributed by atoms with van der Waals surface area (Å²) in [6.45, 7) is 2.37. The van der Waals surface area contributed by atoms with E-state index in [0.717, 1.165) is 22.3 Å². The van der Waals surface area contributed by atoms with Gasteiger partial charge in [-0.05, 0) is 72.1 Å². The molecule has 2 aromatic carbocycles. The molecular weight excluding hydrogens is 442 g/mol. The molecule has 3 N–H and O–H groups in total. The van der Waals surface area contributed by atoms with Gasteiger partial charge in [-0.25, -0.2) is 9.97 Å². The van der Waals surface area contributed by atoms with E-state index in [2.05, 4.69) is 25.3 Å². The van der Waals surface area contributed by atoms with E-state index in [0.29, 0.717) is 40.4 Å². The van der Waals surface area contributed by atoms with E-state index in [1.165, 1.54) is 0 Å². The van der Waals surface area contributed by atoms with E-state index in [9.17, 15) is 9.90 Å². The number of nitrogens with one attached hydrogen (secondary N) is 2. The number of aromatic amines is 1. The molecule has 0 radical (unpaired) electrons. The minimum absolute atomic E-state index is 0.0846. The zero-order chi connectivity index (χ0) is 24.4. The number of fused-ring (bicyclic) bond motifs is 1. The molecule has 0 saturated heterocycles. The number of phenols is 1. The number of ether oxygens (including phenoxy) is 1. The summed E-state index contributed by atoms with van der Waals surface area (Å²) >= 11 is 0. The van der Waals surface area contributed by atoms with Crippen molar-refractivity contribution in [1.29, 1.82) is 0 Å². The SMILES string of the molecule is COc1ncccc1-c1ccc(O)c(-c2nc3ccc(C(=O)NCc4ccncc4C)cc3[nH]2)c1. The van der Waals surface area contributed by atoms with Crippen LogP contribution >= 0.6 is 0 Å². The van der Waals surface area contributed by atoms with Crippen molar-refractivity contribution in [3.63, 3.8) is 0 Å². The van der Waals surface area contributed by atoms with Crippen LogP contribution in [0.4, 0.5) is 0 Å². The van der Waals surface area contributed by atoms with Gasteiger partial charge in [-0.3, -0.25) is 9.78 Å². The number of H-pyrrole nitrogens is 1. The third-order valence-corrected chi connectivity index (χ3v) is 5.85. The molecule has 0 saturated carbocycles. The summed E-state index contributed by atoms with van der Waals surface area (Å²) in [5.41, 5.74) is 6.08. The second-order valence-electron chi connectivity index (χ2n) is 8.09. The Hall–Kier alpha value is -4.72. The van der Waals surface area contributed by atoms with Gasteiger partial charge < -0.3 is 20.1 Å². The third kappa shape index (κ3) is 4.41. The molecule has 3 aromatic heterocycles. The highest BCUT2D eigenvalue weighted by Gasteiger charge is 2.15. The highest BCUT2D eigenvalue weighted by atomic mass is 16.5. The number of imidazole rings is 1. The molecular formula is C27H23N5O3. The zero-order valence-electron chi connectivity index (χ0n) is 19.2. The molecule has 0 spiro atoms. The molecule has 174 valence electrons. The fraction of sp³-hybridized carbons (Fsp3) is 0.111. The van der Waals surface area contributed by atoms with Crippen molar-refractivity contribution in [3.05, 3.63) is 89.9 Å². The molecule has 0 bridgehead atoms. The van der Waals surface area contributed by atoms with Crippen molar-refractivity contribution < 1.29 is 14.6 Å². The van der Waals surface area contributed by atoms with E-state index in [4.69, 9.17) is 4.74 Å². The zero-order valence-corrected chi connectivity index (χ0v) is 19.2. The van der Waals surface area contributed by atoms with Gasteiger partial charge in [-0.15, -0.1) is 0 Å². The standard InChI is InChI=1S/C27H23N5O3/c1-16-14-28-11-9-19(16)15-30-26(34)18-5-7-22-23(13-18)32-25(31-22)21-12-17(6-8-24(21)33)20-4-3-10-29-27(20)35-2/h3-14,33H,15H2,1-2H3,(H,30,34)(H,31,32). The lowest BCUT2D eigenvalue weighted by molar-refractivity contribution is 0.0951. The number of hydrogen-bond acceptors (Lipinski definition) is 6. The molecule has 5 aromatic rings. The van der Waals surface area contributed by atoms with Crippen LogP contribution in [-0.4, -0.2) is 38.1 Å². The van der Waals surface area contributed by atoms with Gasteiger partial charge in [0.1, 0.15) is 11.6 Å². The molecule has 0 aliphatic heterocycles. The van der Waals surface area contributed by atoms with Crippen LogP contribution in [0.2, 0.25) is 0 Å². The number of aryl methyl sites for hydroxylation is 1. The number of phenolic OH excluding ortho intramolecular Hbond substituents is 1. The topological polar surface area (TPSA) is 113 Å². The monoisotopic (exact) mass is 465 g/mol. The number of amides is 1. The number of benzene rings is 2. The van der Waals surface area contributed by atoms with Crippen LogP contribution in [0.3, 0.4) is 0 Å². The van der Waals surface area contributed by atoms with Crippen LogP contribution in [0, 0.1) is 6.92 Å². The van der Waals surface area contributed by atoms with E-state index in [1.54, 1.807) is 56.0 Å². The highest BCUT2D eigenvalue weighted by molar-refractivity contribution is 5.97. The predicted octanol–water partition coefficient (Wildman–Crippen LogP) is 4.64. The minimum Gasteiger partial charge on any atom is -0.507 e. The van der Waals surface area contributed by atoms with Gasteiger partial charge in [0.05, 0.1) is 23.7 Å². The van der Waals surface area contributed by atoms with Crippen LogP contribution in [0.1, 0.15) is 21.5 Å². The number of hydrogen-bond donors (Lipinski definition) is 3. The van der Waals surface area contributed by atoms with E-state index in [-0.39, 0.29) is 11.7 Å². The van der Waals surface area contributed by atoms with Gasteiger partial charge in [-0.1, -0.05) is 6.07 Å². The smallest absolute Gasteiger partial charge is 0.251 e. The molecule has 8 heteroatoms. The van der Waals surface area contributed by atoms with Gasteiger partial charge in [0.15, 0.2) is 0 Å². The molecule has 0 aliphatic rings. The summed E-state index contributed by atoms with van der Waals surface area (Å²) in [7, 11) is 1.57. The Balaban J connectivity index is 1.43. The summed E-state index contributed by atoms with van der Waals surface area (Å²) in [6, 6.07) is 16.1. The summed E-state index contributed by atoms with van der Waals surface area (Å²) in [4.78, 5) is 28.9. The van der Waals surface area contributed by atoms with Crippen LogP contribution in [0.25, 0.3) is 33.5 Å². The van der Waals surface area contributed by atoms with Crippen LogP contribution in [-0.2, 0) is 6.54 Å². The average molecular weight is 466 g/mol. The summed E-state index contributed by atoms with van der Waals surface area (Å²) < 4.78 is 5.38. The molecule has 3 heterocycles. The first-order chi connectivity index (χ1) is 17.0.